The number of ether oxygens (including phenoxy) is 1. The molecule has 0 saturated heterocycles. The topological polar surface area (TPSA) is 34.2 Å². The summed E-state index contributed by atoms with van der Waals surface area (Å²) < 4.78 is 5.42. The molecular formula is C16H18Cl2N2O. The van der Waals surface area contributed by atoms with Gasteiger partial charge in [0.25, 0.3) is 0 Å². The molecule has 0 spiro atoms. The Hall–Kier alpha value is -1.29. The molecule has 21 heavy (non-hydrogen) atoms. The van der Waals surface area contributed by atoms with Crippen molar-refractivity contribution in [2.75, 3.05) is 13.7 Å². The van der Waals surface area contributed by atoms with Crippen LogP contribution in [0.4, 0.5) is 0 Å². The lowest BCUT2D eigenvalue weighted by Gasteiger charge is -2.22. The van der Waals surface area contributed by atoms with Gasteiger partial charge in [-0.3, -0.25) is 4.98 Å². The number of methoxy groups -OCH3 is 1. The van der Waals surface area contributed by atoms with E-state index in [1.807, 2.05) is 18.2 Å². The summed E-state index contributed by atoms with van der Waals surface area (Å²) in [5.74, 6) is 0.724. The molecule has 0 aliphatic rings. The second-order valence-electron chi connectivity index (χ2n) is 4.67. The van der Waals surface area contributed by atoms with Gasteiger partial charge in [0.2, 0.25) is 0 Å². The fourth-order valence-corrected chi connectivity index (χ4v) is 2.62. The van der Waals surface area contributed by atoms with Crippen molar-refractivity contribution in [3.8, 4) is 5.75 Å². The predicted molar refractivity (Wildman–Crippen MR) is 87.4 cm³/mol. The van der Waals surface area contributed by atoms with Crippen molar-refractivity contribution in [2.45, 2.75) is 19.4 Å². The van der Waals surface area contributed by atoms with Crippen LogP contribution in [0.5, 0.6) is 5.75 Å². The fourth-order valence-electron chi connectivity index (χ4n) is 2.21. The lowest BCUT2D eigenvalue weighted by molar-refractivity contribution is 0.402. The summed E-state index contributed by atoms with van der Waals surface area (Å²) in [5, 5.41) is 4.83. The molecule has 0 amide bonds. The molecule has 1 aromatic carbocycles. The molecule has 0 aliphatic carbocycles. The first-order chi connectivity index (χ1) is 10.2. The average Bonchev–Trinajstić information content (AvgIpc) is 2.51. The number of nitrogens with zero attached hydrogens (tertiary/aromatic N) is 1. The van der Waals surface area contributed by atoms with Gasteiger partial charge in [0.05, 0.1) is 19.3 Å². The van der Waals surface area contributed by atoms with Crippen LogP contribution in [0.15, 0.2) is 36.7 Å². The zero-order valence-corrected chi connectivity index (χ0v) is 13.6. The minimum absolute atomic E-state index is 0.0888. The first-order valence-corrected chi connectivity index (χ1v) is 7.59. The Balaban J connectivity index is 2.49. The number of halogens is 2. The van der Waals surface area contributed by atoms with Gasteiger partial charge in [0, 0.05) is 21.8 Å². The molecule has 0 radical (unpaired) electrons. The highest BCUT2D eigenvalue weighted by atomic mass is 35.5. The average molecular weight is 325 g/mol. The van der Waals surface area contributed by atoms with Crippen LogP contribution in [0.3, 0.4) is 0 Å². The molecular weight excluding hydrogens is 307 g/mol. The Morgan fingerprint density at radius 3 is 2.76 bits per heavy atom. The maximum atomic E-state index is 6.36. The highest BCUT2D eigenvalue weighted by molar-refractivity contribution is 6.33. The Kier molecular flexibility index (Phi) is 5.85. The van der Waals surface area contributed by atoms with Crippen LogP contribution in [0.25, 0.3) is 0 Å². The van der Waals surface area contributed by atoms with E-state index in [4.69, 9.17) is 27.9 Å². The van der Waals surface area contributed by atoms with E-state index >= 15 is 0 Å². The van der Waals surface area contributed by atoms with Gasteiger partial charge < -0.3 is 10.1 Å². The molecule has 1 N–H and O–H groups in total. The van der Waals surface area contributed by atoms with Crippen molar-refractivity contribution in [1.82, 2.24) is 10.3 Å². The van der Waals surface area contributed by atoms with E-state index in [-0.39, 0.29) is 6.04 Å². The highest BCUT2D eigenvalue weighted by Crippen LogP contribution is 2.34. The number of hydrogen-bond acceptors (Lipinski definition) is 3. The Morgan fingerprint density at radius 1 is 1.24 bits per heavy atom. The smallest absolute Gasteiger partial charge is 0.142 e. The summed E-state index contributed by atoms with van der Waals surface area (Å²) in [4.78, 5) is 4.10. The standard InChI is InChI=1S/C16H18Cl2N2O/c1-3-7-20-16(12-6-8-19-10-15(12)21-2)13-9-11(17)4-5-14(13)18/h4-6,8-10,16,20H,3,7H2,1-2H3. The maximum absolute atomic E-state index is 6.36. The molecule has 1 atom stereocenters. The number of aromatic nitrogens is 1. The third-order valence-electron chi connectivity index (χ3n) is 3.21. The number of rotatable bonds is 6. The number of benzene rings is 1. The molecule has 0 saturated carbocycles. The summed E-state index contributed by atoms with van der Waals surface area (Å²) in [5.41, 5.74) is 1.92. The quantitative estimate of drug-likeness (QED) is 0.850. The summed E-state index contributed by atoms with van der Waals surface area (Å²) in [6, 6.07) is 7.33. The van der Waals surface area contributed by atoms with Gasteiger partial charge in [0.1, 0.15) is 5.75 Å². The number of nitrogens with one attached hydrogen (secondary N) is 1. The predicted octanol–water partition coefficient (Wildman–Crippen LogP) is 4.49. The van der Waals surface area contributed by atoms with Crippen molar-refractivity contribution in [3.05, 3.63) is 57.8 Å². The second kappa shape index (κ2) is 7.64. The zero-order valence-electron chi connectivity index (χ0n) is 12.1. The van der Waals surface area contributed by atoms with E-state index in [2.05, 4.69) is 17.2 Å². The third-order valence-corrected chi connectivity index (χ3v) is 3.79. The van der Waals surface area contributed by atoms with Crippen LogP contribution in [-0.4, -0.2) is 18.6 Å². The molecule has 2 rings (SSSR count). The van der Waals surface area contributed by atoms with E-state index in [1.54, 1.807) is 25.6 Å². The van der Waals surface area contributed by atoms with Crippen LogP contribution in [0.2, 0.25) is 10.0 Å². The summed E-state index contributed by atoms with van der Waals surface area (Å²) in [7, 11) is 1.64. The molecule has 1 heterocycles. The Bertz CT molecular complexity index is 605. The van der Waals surface area contributed by atoms with Crippen molar-refractivity contribution in [1.29, 1.82) is 0 Å². The minimum atomic E-state index is -0.0888. The molecule has 2 aromatic rings. The van der Waals surface area contributed by atoms with Crippen LogP contribution in [-0.2, 0) is 0 Å². The van der Waals surface area contributed by atoms with Gasteiger partial charge in [-0.15, -0.1) is 0 Å². The molecule has 1 unspecified atom stereocenters. The first-order valence-electron chi connectivity index (χ1n) is 6.83. The minimum Gasteiger partial charge on any atom is -0.495 e. The van der Waals surface area contributed by atoms with Crippen molar-refractivity contribution < 1.29 is 4.74 Å². The summed E-state index contributed by atoms with van der Waals surface area (Å²) >= 11 is 12.5. The SMILES string of the molecule is CCCNC(c1cc(Cl)ccc1Cl)c1ccncc1OC. The van der Waals surface area contributed by atoms with E-state index in [9.17, 15) is 0 Å². The molecule has 0 bridgehead atoms. The Morgan fingerprint density at radius 2 is 2.05 bits per heavy atom. The molecule has 112 valence electrons. The largest absolute Gasteiger partial charge is 0.495 e. The Labute approximate surface area is 135 Å². The number of pyridine rings is 1. The monoisotopic (exact) mass is 324 g/mol. The molecule has 3 nitrogen and oxygen atoms in total. The van der Waals surface area contributed by atoms with Gasteiger partial charge in [-0.25, -0.2) is 0 Å². The zero-order chi connectivity index (χ0) is 15.2. The van der Waals surface area contributed by atoms with Gasteiger partial charge in [0.15, 0.2) is 0 Å². The molecule has 5 heteroatoms. The summed E-state index contributed by atoms with van der Waals surface area (Å²) in [6.45, 7) is 2.98. The van der Waals surface area contributed by atoms with Crippen LogP contribution < -0.4 is 10.1 Å². The molecule has 0 aliphatic heterocycles. The third kappa shape index (κ3) is 3.88. The normalized spacial score (nSPS) is 12.2. The number of hydrogen-bond donors (Lipinski definition) is 1. The van der Waals surface area contributed by atoms with Gasteiger partial charge in [-0.1, -0.05) is 30.1 Å². The summed E-state index contributed by atoms with van der Waals surface area (Å²) in [6.07, 6.45) is 4.47. The van der Waals surface area contributed by atoms with Crippen LogP contribution in [0.1, 0.15) is 30.5 Å². The fraction of sp³-hybridized carbons (Fsp3) is 0.312. The van der Waals surface area contributed by atoms with E-state index < -0.39 is 0 Å². The molecule has 0 fully saturated rings. The van der Waals surface area contributed by atoms with E-state index in [0.29, 0.717) is 10.0 Å². The lowest BCUT2D eigenvalue weighted by atomic mass is 9.98. The lowest BCUT2D eigenvalue weighted by Crippen LogP contribution is -2.24. The first kappa shape index (κ1) is 16.1. The van der Waals surface area contributed by atoms with Gasteiger partial charge >= 0.3 is 0 Å². The van der Waals surface area contributed by atoms with Gasteiger partial charge in [-0.2, -0.15) is 0 Å². The second-order valence-corrected chi connectivity index (χ2v) is 5.51. The maximum Gasteiger partial charge on any atom is 0.142 e. The van der Waals surface area contributed by atoms with Crippen molar-refractivity contribution in [3.63, 3.8) is 0 Å². The van der Waals surface area contributed by atoms with Crippen LogP contribution in [0, 0.1) is 0 Å². The highest BCUT2D eigenvalue weighted by Gasteiger charge is 2.20. The van der Waals surface area contributed by atoms with Gasteiger partial charge in [-0.05, 0) is 42.8 Å². The van der Waals surface area contributed by atoms with Crippen LogP contribution >= 0.6 is 23.2 Å². The van der Waals surface area contributed by atoms with Crippen molar-refractivity contribution in [2.24, 2.45) is 0 Å². The molecule has 1 aromatic heterocycles. The van der Waals surface area contributed by atoms with E-state index in [0.717, 1.165) is 29.8 Å². The van der Waals surface area contributed by atoms with Crippen molar-refractivity contribution >= 4 is 23.2 Å². The van der Waals surface area contributed by atoms with E-state index in [1.165, 1.54) is 0 Å².